The van der Waals surface area contributed by atoms with Crippen molar-refractivity contribution >= 4 is 21.5 Å². The maximum atomic E-state index is 10.3. The van der Waals surface area contributed by atoms with Gasteiger partial charge in [-0.05, 0) is 67.9 Å². The van der Waals surface area contributed by atoms with Crippen molar-refractivity contribution in [3.8, 4) is 16.9 Å². The van der Waals surface area contributed by atoms with Gasteiger partial charge in [0.2, 0.25) is 0 Å². The van der Waals surface area contributed by atoms with E-state index in [1.54, 1.807) is 0 Å². The number of rotatable bonds is 1. The first-order valence-corrected chi connectivity index (χ1v) is 8.69. The number of fused-ring (bicyclic) bond motifs is 2. The number of aromatic hydroxyl groups is 1. The molecule has 1 N–H and O–H groups in total. The van der Waals surface area contributed by atoms with Crippen molar-refractivity contribution in [1.29, 1.82) is 0 Å². The molecular formula is C24H22O. The van der Waals surface area contributed by atoms with Crippen LogP contribution in [0.25, 0.3) is 32.7 Å². The van der Waals surface area contributed by atoms with Crippen LogP contribution in [-0.4, -0.2) is 5.11 Å². The standard InChI is InChI=1S/C24H22O/c1-24(2,3)22-15-19(11-12-23(22)25)20-10-6-9-18-13-16-7-4-5-8-17(16)14-21(18)20/h4-15,25H,1-3H3. The van der Waals surface area contributed by atoms with Gasteiger partial charge >= 0.3 is 0 Å². The molecule has 0 saturated carbocycles. The molecule has 0 unspecified atom stereocenters. The van der Waals surface area contributed by atoms with E-state index in [2.05, 4.69) is 81.4 Å². The second kappa shape index (κ2) is 5.63. The molecular weight excluding hydrogens is 304 g/mol. The number of phenolic OH excluding ortho intramolecular Hbond substituents is 1. The van der Waals surface area contributed by atoms with Crippen LogP contribution in [0.1, 0.15) is 26.3 Å². The summed E-state index contributed by atoms with van der Waals surface area (Å²) >= 11 is 0. The minimum Gasteiger partial charge on any atom is -0.508 e. The first-order chi connectivity index (χ1) is 11.9. The molecule has 0 aliphatic carbocycles. The molecule has 0 amide bonds. The summed E-state index contributed by atoms with van der Waals surface area (Å²) in [5.41, 5.74) is 3.22. The highest BCUT2D eigenvalue weighted by Crippen LogP contribution is 2.37. The fourth-order valence-corrected chi connectivity index (χ4v) is 3.52. The monoisotopic (exact) mass is 326 g/mol. The second-order valence-electron chi connectivity index (χ2n) is 7.71. The van der Waals surface area contributed by atoms with Crippen LogP contribution in [0, 0.1) is 0 Å². The summed E-state index contributed by atoms with van der Waals surface area (Å²) in [4.78, 5) is 0. The van der Waals surface area contributed by atoms with Gasteiger partial charge in [-0.2, -0.15) is 0 Å². The Labute approximate surface area is 148 Å². The smallest absolute Gasteiger partial charge is 0.119 e. The molecule has 0 atom stereocenters. The lowest BCUT2D eigenvalue weighted by molar-refractivity contribution is 0.447. The molecule has 1 heteroatoms. The van der Waals surface area contributed by atoms with Gasteiger partial charge in [0, 0.05) is 0 Å². The second-order valence-corrected chi connectivity index (χ2v) is 7.71. The van der Waals surface area contributed by atoms with Crippen LogP contribution < -0.4 is 0 Å². The van der Waals surface area contributed by atoms with E-state index in [0.717, 1.165) is 11.1 Å². The summed E-state index contributed by atoms with van der Waals surface area (Å²) < 4.78 is 0. The normalized spacial score (nSPS) is 12.0. The number of hydrogen-bond donors (Lipinski definition) is 1. The number of hydrogen-bond acceptors (Lipinski definition) is 1. The third-order valence-electron chi connectivity index (χ3n) is 4.86. The first-order valence-electron chi connectivity index (χ1n) is 8.69. The van der Waals surface area contributed by atoms with E-state index < -0.39 is 0 Å². The van der Waals surface area contributed by atoms with Gasteiger partial charge in [0.05, 0.1) is 0 Å². The first kappa shape index (κ1) is 15.7. The fourth-order valence-electron chi connectivity index (χ4n) is 3.52. The Morgan fingerprint density at radius 3 is 2.08 bits per heavy atom. The molecule has 0 fully saturated rings. The number of phenols is 1. The van der Waals surface area contributed by atoms with Crippen LogP contribution in [0.4, 0.5) is 0 Å². The van der Waals surface area contributed by atoms with Gasteiger partial charge in [-0.1, -0.05) is 69.3 Å². The SMILES string of the molecule is CC(C)(C)c1cc(-c2cccc3cc4ccccc4cc23)ccc1O. The molecule has 4 aromatic carbocycles. The molecule has 1 nitrogen and oxygen atoms in total. The van der Waals surface area contributed by atoms with Crippen molar-refractivity contribution in [2.24, 2.45) is 0 Å². The van der Waals surface area contributed by atoms with Gasteiger partial charge in [0.1, 0.15) is 5.75 Å². The van der Waals surface area contributed by atoms with Gasteiger partial charge in [0.15, 0.2) is 0 Å². The zero-order valence-corrected chi connectivity index (χ0v) is 14.9. The molecule has 0 aliphatic heterocycles. The molecule has 0 bridgehead atoms. The topological polar surface area (TPSA) is 20.2 Å². The van der Waals surface area contributed by atoms with Crippen molar-refractivity contribution in [2.45, 2.75) is 26.2 Å². The number of benzene rings is 4. The summed E-state index contributed by atoms with van der Waals surface area (Å²) in [7, 11) is 0. The summed E-state index contributed by atoms with van der Waals surface area (Å²) in [6.07, 6.45) is 0. The molecule has 0 radical (unpaired) electrons. The largest absolute Gasteiger partial charge is 0.508 e. The maximum absolute atomic E-state index is 10.3. The summed E-state index contributed by atoms with van der Waals surface area (Å²) in [5, 5.41) is 15.3. The minimum atomic E-state index is -0.0998. The third-order valence-corrected chi connectivity index (χ3v) is 4.86. The molecule has 0 spiro atoms. The highest BCUT2D eigenvalue weighted by Gasteiger charge is 2.19. The maximum Gasteiger partial charge on any atom is 0.119 e. The molecule has 4 rings (SSSR count). The van der Waals surface area contributed by atoms with Crippen molar-refractivity contribution < 1.29 is 5.11 Å². The van der Waals surface area contributed by atoms with Crippen molar-refractivity contribution in [2.75, 3.05) is 0 Å². The van der Waals surface area contributed by atoms with E-state index in [-0.39, 0.29) is 5.41 Å². The molecule has 25 heavy (non-hydrogen) atoms. The quantitative estimate of drug-likeness (QED) is 0.388. The highest BCUT2D eigenvalue weighted by atomic mass is 16.3. The van der Waals surface area contributed by atoms with Crippen LogP contribution in [0.5, 0.6) is 5.75 Å². The summed E-state index contributed by atoms with van der Waals surface area (Å²) in [6, 6.07) is 25.4. The molecule has 0 aliphatic rings. The third kappa shape index (κ3) is 2.76. The van der Waals surface area contributed by atoms with Crippen LogP contribution in [0.2, 0.25) is 0 Å². The van der Waals surface area contributed by atoms with E-state index >= 15 is 0 Å². The lowest BCUT2D eigenvalue weighted by Gasteiger charge is -2.21. The Balaban J connectivity index is 2.00. The Morgan fingerprint density at radius 1 is 0.680 bits per heavy atom. The zero-order chi connectivity index (χ0) is 17.6. The Bertz CT molecular complexity index is 1080. The van der Waals surface area contributed by atoms with E-state index in [0.29, 0.717) is 5.75 Å². The van der Waals surface area contributed by atoms with Crippen molar-refractivity contribution in [3.05, 3.63) is 78.4 Å². The molecule has 4 aromatic rings. The lowest BCUT2D eigenvalue weighted by atomic mass is 9.84. The Kier molecular flexibility index (Phi) is 3.54. The summed E-state index contributed by atoms with van der Waals surface area (Å²) in [5.74, 6) is 0.363. The van der Waals surface area contributed by atoms with Crippen LogP contribution in [0.3, 0.4) is 0 Å². The van der Waals surface area contributed by atoms with Crippen molar-refractivity contribution in [3.63, 3.8) is 0 Å². The zero-order valence-electron chi connectivity index (χ0n) is 14.9. The van der Waals surface area contributed by atoms with Crippen LogP contribution >= 0.6 is 0 Å². The predicted octanol–water partition coefficient (Wildman–Crippen LogP) is 6.66. The van der Waals surface area contributed by atoms with E-state index in [9.17, 15) is 5.11 Å². The Morgan fingerprint density at radius 2 is 1.36 bits per heavy atom. The molecule has 0 saturated heterocycles. The van der Waals surface area contributed by atoms with Gasteiger partial charge in [-0.25, -0.2) is 0 Å². The van der Waals surface area contributed by atoms with Gasteiger partial charge in [-0.15, -0.1) is 0 Å². The highest BCUT2D eigenvalue weighted by molar-refractivity contribution is 6.05. The van der Waals surface area contributed by atoms with E-state index in [1.807, 2.05) is 12.1 Å². The van der Waals surface area contributed by atoms with Gasteiger partial charge in [-0.3, -0.25) is 0 Å². The lowest BCUT2D eigenvalue weighted by Crippen LogP contribution is -2.11. The minimum absolute atomic E-state index is 0.0998. The average Bonchev–Trinajstić information content (AvgIpc) is 2.59. The van der Waals surface area contributed by atoms with Gasteiger partial charge < -0.3 is 5.11 Å². The molecule has 0 aromatic heterocycles. The van der Waals surface area contributed by atoms with Crippen LogP contribution in [-0.2, 0) is 5.41 Å². The van der Waals surface area contributed by atoms with E-state index in [1.165, 1.54) is 27.1 Å². The average molecular weight is 326 g/mol. The molecule has 0 heterocycles. The van der Waals surface area contributed by atoms with Crippen molar-refractivity contribution in [1.82, 2.24) is 0 Å². The molecule has 124 valence electrons. The van der Waals surface area contributed by atoms with Gasteiger partial charge in [0.25, 0.3) is 0 Å². The summed E-state index contributed by atoms with van der Waals surface area (Å²) in [6.45, 7) is 6.38. The predicted molar refractivity (Wildman–Crippen MR) is 107 cm³/mol. The fraction of sp³-hybridized carbons (Fsp3) is 0.167. The van der Waals surface area contributed by atoms with E-state index in [4.69, 9.17) is 0 Å². The Hall–Kier alpha value is -2.80. The van der Waals surface area contributed by atoms with Crippen LogP contribution in [0.15, 0.2) is 72.8 Å².